The van der Waals surface area contributed by atoms with Gasteiger partial charge in [0.25, 0.3) is 0 Å². The molecule has 1 N–H and O–H groups in total. The van der Waals surface area contributed by atoms with Gasteiger partial charge >= 0.3 is 6.18 Å². The van der Waals surface area contributed by atoms with E-state index in [9.17, 15) is 18.0 Å². The predicted octanol–water partition coefficient (Wildman–Crippen LogP) is 3.78. The van der Waals surface area contributed by atoms with Crippen molar-refractivity contribution < 1.29 is 18.0 Å². The second-order valence-electron chi connectivity index (χ2n) is 5.12. The average Bonchev–Trinajstić information content (AvgIpc) is 2.40. The van der Waals surface area contributed by atoms with E-state index in [0.29, 0.717) is 25.9 Å². The lowest BCUT2D eigenvalue weighted by Crippen LogP contribution is -2.41. The van der Waals surface area contributed by atoms with Gasteiger partial charge in [0, 0.05) is 26.1 Å². The van der Waals surface area contributed by atoms with Gasteiger partial charge in [-0.05, 0) is 31.0 Å². The van der Waals surface area contributed by atoms with Crippen molar-refractivity contribution in [1.29, 1.82) is 0 Å². The molecule has 1 aromatic carbocycles. The maximum Gasteiger partial charge on any atom is 0.416 e. The van der Waals surface area contributed by atoms with Crippen LogP contribution in [0.5, 0.6) is 0 Å². The summed E-state index contributed by atoms with van der Waals surface area (Å²) in [6.07, 6.45) is -3.02. The molecule has 2 rings (SSSR count). The molecule has 21 heavy (non-hydrogen) atoms. The van der Waals surface area contributed by atoms with Gasteiger partial charge in [0.05, 0.1) is 16.3 Å². The summed E-state index contributed by atoms with van der Waals surface area (Å²) in [6, 6.07) is 3.25. The van der Waals surface area contributed by atoms with Crippen LogP contribution in [0.2, 0.25) is 5.02 Å². The van der Waals surface area contributed by atoms with Crippen molar-refractivity contribution in [2.24, 2.45) is 0 Å². The summed E-state index contributed by atoms with van der Waals surface area (Å²) in [4.78, 5) is 13.0. The molecular weight excluding hydrogens is 305 g/mol. The third kappa shape index (κ3) is 4.03. The first-order valence-corrected chi connectivity index (χ1v) is 7.04. The smallest absolute Gasteiger partial charge is 0.381 e. The lowest BCUT2D eigenvalue weighted by atomic mass is 10.0. The van der Waals surface area contributed by atoms with E-state index in [1.165, 1.54) is 13.0 Å². The number of halogens is 4. The number of carbonyl (C=O) groups excluding carboxylic acids is 1. The van der Waals surface area contributed by atoms with Crippen molar-refractivity contribution in [3.63, 3.8) is 0 Å². The molecule has 1 aromatic rings. The second-order valence-corrected chi connectivity index (χ2v) is 5.52. The molecule has 0 bridgehead atoms. The van der Waals surface area contributed by atoms with E-state index in [4.69, 9.17) is 11.6 Å². The molecular formula is C14H16ClF3N2O. The molecule has 0 saturated carbocycles. The normalized spacial score (nSPS) is 16.9. The maximum atomic E-state index is 12.7. The molecule has 0 aliphatic carbocycles. The van der Waals surface area contributed by atoms with Crippen molar-refractivity contribution in [3.8, 4) is 0 Å². The van der Waals surface area contributed by atoms with Crippen LogP contribution in [-0.2, 0) is 11.0 Å². The van der Waals surface area contributed by atoms with Crippen molar-refractivity contribution in [2.45, 2.75) is 32.0 Å². The minimum absolute atomic E-state index is 0.0154. The molecule has 1 amide bonds. The van der Waals surface area contributed by atoms with Crippen LogP contribution in [0.4, 0.5) is 18.9 Å². The summed E-state index contributed by atoms with van der Waals surface area (Å²) in [6.45, 7) is 2.71. The van der Waals surface area contributed by atoms with E-state index in [2.05, 4.69) is 5.32 Å². The van der Waals surface area contributed by atoms with E-state index < -0.39 is 11.7 Å². The number of nitrogens with one attached hydrogen (secondary N) is 1. The van der Waals surface area contributed by atoms with Crippen LogP contribution in [0, 0.1) is 0 Å². The van der Waals surface area contributed by atoms with E-state index in [1.807, 2.05) is 0 Å². The predicted molar refractivity (Wildman–Crippen MR) is 75.4 cm³/mol. The van der Waals surface area contributed by atoms with Crippen molar-refractivity contribution in [1.82, 2.24) is 4.90 Å². The first-order chi connectivity index (χ1) is 9.77. The highest BCUT2D eigenvalue weighted by Gasteiger charge is 2.31. The molecule has 0 spiro atoms. The lowest BCUT2D eigenvalue weighted by Gasteiger charge is -2.32. The Kier molecular flexibility index (Phi) is 4.66. The summed E-state index contributed by atoms with van der Waals surface area (Å²) in [5, 5.41) is 3.31. The van der Waals surface area contributed by atoms with Crippen LogP contribution < -0.4 is 5.32 Å². The number of hydrogen-bond acceptors (Lipinski definition) is 2. The van der Waals surface area contributed by atoms with E-state index >= 15 is 0 Å². The largest absolute Gasteiger partial charge is 0.416 e. The molecule has 1 aliphatic heterocycles. The molecule has 116 valence electrons. The molecule has 1 heterocycles. The van der Waals surface area contributed by atoms with Gasteiger partial charge in [-0.1, -0.05) is 11.6 Å². The number of alkyl halides is 3. The van der Waals surface area contributed by atoms with Crippen LogP contribution in [0.3, 0.4) is 0 Å². The number of rotatable bonds is 2. The SMILES string of the molecule is CC(=O)N1CCC(Nc2cc(C(F)(F)F)ccc2Cl)CC1. The number of anilines is 1. The topological polar surface area (TPSA) is 32.3 Å². The van der Waals surface area contributed by atoms with Crippen molar-refractivity contribution in [2.75, 3.05) is 18.4 Å². The van der Waals surface area contributed by atoms with Crippen LogP contribution in [-0.4, -0.2) is 29.9 Å². The van der Waals surface area contributed by atoms with Gasteiger partial charge in [0.15, 0.2) is 0 Å². The number of benzene rings is 1. The third-order valence-corrected chi connectivity index (χ3v) is 3.92. The number of carbonyl (C=O) groups is 1. The van der Waals surface area contributed by atoms with Gasteiger partial charge in [-0.3, -0.25) is 4.79 Å². The molecule has 0 atom stereocenters. The van der Waals surface area contributed by atoms with Gasteiger partial charge in [-0.15, -0.1) is 0 Å². The highest BCUT2D eigenvalue weighted by molar-refractivity contribution is 6.33. The van der Waals surface area contributed by atoms with Gasteiger partial charge in [-0.2, -0.15) is 13.2 Å². The highest BCUT2D eigenvalue weighted by Crippen LogP contribution is 2.34. The number of nitrogens with zero attached hydrogens (tertiary/aromatic N) is 1. The fraction of sp³-hybridized carbons (Fsp3) is 0.500. The van der Waals surface area contributed by atoms with Gasteiger partial charge < -0.3 is 10.2 Å². The molecule has 1 fully saturated rings. The molecule has 0 unspecified atom stereocenters. The summed E-state index contributed by atoms with van der Waals surface area (Å²) in [5.41, 5.74) is -0.441. The Morgan fingerprint density at radius 1 is 1.33 bits per heavy atom. The minimum atomic E-state index is -4.39. The Morgan fingerprint density at radius 2 is 1.95 bits per heavy atom. The van der Waals surface area contributed by atoms with Crippen molar-refractivity contribution >= 4 is 23.2 Å². The Labute approximate surface area is 126 Å². The summed E-state index contributed by atoms with van der Waals surface area (Å²) >= 11 is 5.95. The molecule has 1 aliphatic rings. The average molecular weight is 321 g/mol. The number of hydrogen-bond donors (Lipinski definition) is 1. The van der Waals surface area contributed by atoms with E-state index in [-0.39, 0.29) is 22.7 Å². The van der Waals surface area contributed by atoms with Gasteiger partial charge in [0.1, 0.15) is 0 Å². The quantitative estimate of drug-likeness (QED) is 0.899. The first-order valence-electron chi connectivity index (χ1n) is 6.66. The van der Waals surface area contributed by atoms with Crippen LogP contribution in [0.25, 0.3) is 0 Å². The third-order valence-electron chi connectivity index (χ3n) is 3.59. The fourth-order valence-electron chi connectivity index (χ4n) is 2.37. The molecule has 0 radical (unpaired) electrons. The highest BCUT2D eigenvalue weighted by atomic mass is 35.5. The minimum Gasteiger partial charge on any atom is -0.381 e. The molecule has 1 saturated heterocycles. The summed E-state index contributed by atoms with van der Waals surface area (Å²) in [5.74, 6) is 0.0190. The monoisotopic (exact) mass is 320 g/mol. The zero-order valence-corrected chi connectivity index (χ0v) is 12.3. The zero-order chi connectivity index (χ0) is 15.6. The van der Waals surface area contributed by atoms with Crippen LogP contribution in [0.15, 0.2) is 18.2 Å². The number of piperidine rings is 1. The fourth-order valence-corrected chi connectivity index (χ4v) is 2.54. The molecule has 7 heteroatoms. The Hall–Kier alpha value is -1.43. The van der Waals surface area contributed by atoms with Gasteiger partial charge in [0.2, 0.25) is 5.91 Å². The second kappa shape index (κ2) is 6.13. The Morgan fingerprint density at radius 3 is 2.48 bits per heavy atom. The van der Waals surface area contributed by atoms with E-state index in [1.54, 1.807) is 4.90 Å². The van der Waals surface area contributed by atoms with Crippen molar-refractivity contribution in [3.05, 3.63) is 28.8 Å². The molecule has 3 nitrogen and oxygen atoms in total. The Bertz CT molecular complexity index is 525. The maximum absolute atomic E-state index is 12.7. The number of likely N-dealkylation sites (tertiary alicyclic amines) is 1. The summed E-state index contributed by atoms with van der Waals surface area (Å²) in [7, 11) is 0. The molecule has 0 aromatic heterocycles. The number of amides is 1. The van der Waals surface area contributed by atoms with Gasteiger partial charge in [-0.25, -0.2) is 0 Å². The van der Waals surface area contributed by atoms with E-state index in [0.717, 1.165) is 12.1 Å². The summed E-state index contributed by atoms with van der Waals surface area (Å²) < 4.78 is 38.1. The van der Waals surface area contributed by atoms with Crippen LogP contribution in [0.1, 0.15) is 25.3 Å². The Balaban J connectivity index is 2.05. The lowest BCUT2D eigenvalue weighted by molar-refractivity contribution is -0.137. The zero-order valence-electron chi connectivity index (χ0n) is 11.5. The standard InChI is InChI=1S/C14H16ClF3N2O/c1-9(21)20-6-4-11(5-7-20)19-13-8-10(14(16,17)18)2-3-12(13)15/h2-3,8,11,19H,4-7H2,1H3. The first kappa shape index (κ1) is 15.9. The van der Waals surface area contributed by atoms with Crippen LogP contribution >= 0.6 is 11.6 Å².